The zero-order valence-electron chi connectivity index (χ0n) is 14.8. The minimum Gasteiger partial charge on any atom is -0.465 e. The molecule has 1 fully saturated rings. The Labute approximate surface area is 170 Å². The van der Waals surface area contributed by atoms with Crippen LogP contribution in [0.1, 0.15) is 27.2 Å². The van der Waals surface area contributed by atoms with Crippen molar-refractivity contribution in [3.05, 3.63) is 27.1 Å². The molecule has 1 aliphatic heterocycles. The number of benzene rings is 1. The lowest BCUT2D eigenvalue weighted by atomic mass is 10.0. The summed E-state index contributed by atoms with van der Waals surface area (Å²) in [4.78, 5) is 13.0. The molecule has 1 saturated heterocycles. The molecule has 1 amide bonds. The van der Waals surface area contributed by atoms with Crippen LogP contribution in [0.5, 0.6) is 0 Å². The number of rotatable bonds is 5. The third-order valence-corrected chi connectivity index (χ3v) is 7.18. The molecule has 0 aliphatic carbocycles. The highest BCUT2D eigenvalue weighted by Crippen LogP contribution is 2.26. The summed E-state index contributed by atoms with van der Waals surface area (Å²) in [5.41, 5.74) is -0.522. The topological polar surface area (TPSA) is 98.7 Å². The van der Waals surface area contributed by atoms with Crippen molar-refractivity contribution in [1.29, 1.82) is 0 Å². The van der Waals surface area contributed by atoms with Gasteiger partial charge in [0.1, 0.15) is 0 Å². The van der Waals surface area contributed by atoms with E-state index in [1.54, 1.807) is 12.1 Å². The molecule has 2 atom stereocenters. The molecule has 0 radical (unpaired) electrons. The summed E-state index contributed by atoms with van der Waals surface area (Å²) < 4.78 is 29.2. The van der Waals surface area contributed by atoms with Crippen LogP contribution in [0.25, 0.3) is 0 Å². The highest BCUT2D eigenvalue weighted by molar-refractivity contribution is 9.11. The maximum atomic E-state index is 12.7. The summed E-state index contributed by atoms with van der Waals surface area (Å²) in [5, 5.41) is 12.6. The molecule has 7 nitrogen and oxygen atoms in total. The number of nitrogens with zero attached hydrogens (tertiary/aromatic N) is 1. The van der Waals surface area contributed by atoms with E-state index < -0.39 is 21.7 Å². The molecule has 3 N–H and O–H groups in total. The number of sulfonamides is 1. The number of halogens is 2. The van der Waals surface area contributed by atoms with Crippen LogP contribution >= 0.6 is 31.9 Å². The predicted molar refractivity (Wildman–Crippen MR) is 107 cm³/mol. The van der Waals surface area contributed by atoms with Crippen molar-refractivity contribution in [1.82, 2.24) is 14.9 Å². The van der Waals surface area contributed by atoms with Crippen LogP contribution in [-0.4, -0.2) is 55.2 Å². The van der Waals surface area contributed by atoms with Crippen LogP contribution in [-0.2, 0) is 10.0 Å². The van der Waals surface area contributed by atoms with Gasteiger partial charge in [-0.05, 0) is 61.3 Å². The van der Waals surface area contributed by atoms with Crippen molar-refractivity contribution in [3.63, 3.8) is 0 Å². The average molecular weight is 513 g/mol. The largest absolute Gasteiger partial charge is 0.465 e. The van der Waals surface area contributed by atoms with Crippen molar-refractivity contribution in [3.8, 4) is 0 Å². The van der Waals surface area contributed by atoms with Gasteiger partial charge in [0.05, 0.1) is 4.90 Å². The van der Waals surface area contributed by atoms with Crippen molar-refractivity contribution in [2.45, 2.75) is 49.7 Å². The molecule has 0 unspecified atom stereocenters. The Balaban J connectivity index is 2.05. The summed E-state index contributed by atoms with van der Waals surface area (Å²) in [7, 11) is -3.69. The van der Waals surface area contributed by atoms with Gasteiger partial charge in [-0.1, -0.05) is 15.9 Å². The first kappa shape index (κ1) is 21.6. The van der Waals surface area contributed by atoms with Gasteiger partial charge < -0.3 is 15.3 Å². The van der Waals surface area contributed by atoms with E-state index in [1.165, 1.54) is 11.0 Å². The monoisotopic (exact) mass is 511 g/mol. The number of hydrogen-bond acceptors (Lipinski definition) is 4. The molecule has 2 rings (SSSR count). The molecule has 26 heavy (non-hydrogen) atoms. The summed E-state index contributed by atoms with van der Waals surface area (Å²) in [5.74, 6) is 0. The van der Waals surface area contributed by atoms with Gasteiger partial charge >= 0.3 is 6.09 Å². The highest BCUT2D eigenvalue weighted by atomic mass is 79.9. The van der Waals surface area contributed by atoms with E-state index in [0.717, 1.165) is 0 Å². The third-order valence-electron chi connectivity index (χ3n) is 4.17. The highest BCUT2D eigenvalue weighted by Gasteiger charge is 2.34. The van der Waals surface area contributed by atoms with E-state index in [1.807, 2.05) is 20.8 Å². The van der Waals surface area contributed by atoms with Crippen LogP contribution in [0.4, 0.5) is 4.79 Å². The Morgan fingerprint density at radius 1 is 1.38 bits per heavy atom. The second kappa shape index (κ2) is 8.14. The molecule has 1 aromatic rings. The SMILES string of the molecule is CC(C)(C)N(C[C@H]1C[C@@H](NS(=O)(=O)c2cc(Br)ccc2Br)CN1)C(=O)O. The van der Waals surface area contributed by atoms with E-state index in [0.29, 0.717) is 28.5 Å². The predicted octanol–water partition coefficient (Wildman–Crippen LogP) is 3.00. The molecule has 1 aromatic carbocycles. The zero-order chi connectivity index (χ0) is 19.7. The van der Waals surface area contributed by atoms with Gasteiger partial charge in [-0.25, -0.2) is 17.9 Å². The van der Waals surface area contributed by atoms with E-state index in [4.69, 9.17) is 0 Å². The molecule has 10 heteroatoms. The van der Waals surface area contributed by atoms with Gasteiger partial charge in [0.15, 0.2) is 0 Å². The lowest BCUT2D eigenvalue weighted by Gasteiger charge is -2.35. The summed E-state index contributed by atoms with van der Waals surface area (Å²) >= 11 is 6.55. The smallest absolute Gasteiger partial charge is 0.407 e. The molecule has 0 saturated carbocycles. The van der Waals surface area contributed by atoms with E-state index in [9.17, 15) is 18.3 Å². The van der Waals surface area contributed by atoms with E-state index in [-0.39, 0.29) is 17.0 Å². The maximum absolute atomic E-state index is 12.7. The minimum absolute atomic E-state index is 0.107. The normalized spacial score (nSPS) is 21.0. The second-order valence-electron chi connectivity index (χ2n) is 7.30. The fourth-order valence-corrected chi connectivity index (χ4v) is 5.62. The fourth-order valence-electron chi connectivity index (χ4n) is 2.87. The molecule has 146 valence electrons. The first-order valence-electron chi connectivity index (χ1n) is 8.11. The lowest BCUT2D eigenvalue weighted by Crippen LogP contribution is -2.50. The molecule has 0 aromatic heterocycles. The standard InChI is InChI=1S/C16H23Br2N3O4S/c1-16(2,3)21(15(22)23)9-12-7-11(8-19-12)20-26(24,25)14-6-10(17)4-5-13(14)18/h4-6,11-12,19-20H,7-9H2,1-3H3,(H,22,23)/t11-,12-/m1/s1. The zero-order valence-corrected chi connectivity index (χ0v) is 18.8. The van der Waals surface area contributed by atoms with Gasteiger partial charge in [0.25, 0.3) is 0 Å². The lowest BCUT2D eigenvalue weighted by molar-refractivity contribution is 0.0944. The summed E-state index contributed by atoms with van der Waals surface area (Å²) in [6, 6.07) is 4.56. The second-order valence-corrected chi connectivity index (χ2v) is 10.8. The van der Waals surface area contributed by atoms with Gasteiger partial charge in [0, 0.05) is 39.7 Å². The van der Waals surface area contributed by atoms with Gasteiger partial charge in [-0.3, -0.25) is 0 Å². The Morgan fingerprint density at radius 3 is 2.62 bits per heavy atom. The Morgan fingerprint density at radius 2 is 2.04 bits per heavy atom. The van der Waals surface area contributed by atoms with Crippen molar-refractivity contribution in [2.24, 2.45) is 0 Å². The van der Waals surface area contributed by atoms with Crippen LogP contribution in [0, 0.1) is 0 Å². The van der Waals surface area contributed by atoms with E-state index in [2.05, 4.69) is 41.9 Å². The van der Waals surface area contributed by atoms with Crippen molar-refractivity contribution in [2.75, 3.05) is 13.1 Å². The fraction of sp³-hybridized carbons (Fsp3) is 0.562. The van der Waals surface area contributed by atoms with E-state index >= 15 is 0 Å². The Hall–Kier alpha value is -0.680. The first-order valence-corrected chi connectivity index (χ1v) is 11.2. The molecule has 1 aliphatic rings. The van der Waals surface area contributed by atoms with Crippen LogP contribution in [0.3, 0.4) is 0 Å². The first-order chi connectivity index (χ1) is 11.9. The quantitative estimate of drug-likeness (QED) is 0.563. The molecular weight excluding hydrogens is 490 g/mol. The molecular formula is C16H23Br2N3O4S. The van der Waals surface area contributed by atoms with Crippen LogP contribution in [0.15, 0.2) is 32.0 Å². The Bertz CT molecular complexity index is 780. The minimum atomic E-state index is -3.69. The molecule has 0 spiro atoms. The number of carbonyl (C=O) groups is 1. The Kier molecular flexibility index (Phi) is 6.76. The number of nitrogens with one attached hydrogen (secondary N) is 2. The summed E-state index contributed by atoms with van der Waals surface area (Å²) in [6.45, 7) is 6.26. The van der Waals surface area contributed by atoms with Crippen LogP contribution in [0.2, 0.25) is 0 Å². The average Bonchev–Trinajstić information content (AvgIpc) is 2.92. The van der Waals surface area contributed by atoms with Crippen molar-refractivity contribution >= 4 is 48.0 Å². The number of hydrogen-bond donors (Lipinski definition) is 3. The van der Waals surface area contributed by atoms with Crippen LogP contribution < -0.4 is 10.0 Å². The third kappa shape index (κ3) is 5.41. The summed E-state index contributed by atoms with van der Waals surface area (Å²) in [6.07, 6.45) is -0.466. The maximum Gasteiger partial charge on any atom is 0.407 e. The number of carboxylic acid groups (broad SMARTS) is 1. The van der Waals surface area contributed by atoms with Gasteiger partial charge in [-0.15, -0.1) is 0 Å². The number of amides is 1. The molecule has 0 bridgehead atoms. The van der Waals surface area contributed by atoms with Gasteiger partial charge in [0.2, 0.25) is 10.0 Å². The molecule has 1 heterocycles. The van der Waals surface area contributed by atoms with Gasteiger partial charge in [-0.2, -0.15) is 0 Å². The van der Waals surface area contributed by atoms with Crippen molar-refractivity contribution < 1.29 is 18.3 Å².